The van der Waals surface area contributed by atoms with Crippen LogP contribution >= 0.6 is 12.2 Å². The smallest absolute Gasteiger partial charge is 0.263 e. The van der Waals surface area contributed by atoms with Crippen LogP contribution in [0.5, 0.6) is 0 Å². The van der Waals surface area contributed by atoms with Crippen LogP contribution in [0.4, 0.5) is 11.5 Å². The Labute approximate surface area is 109 Å². The predicted octanol–water partition coefficient (Wildman–Crippen LogP) is 1.52. The summed E-state index contributed by atoms with van der Waals surface area (Å²) in [5, 5.41) is 6.26. The second kappa shape index (κ2) is 4.75. The van der Waals surface area contributed by atoms with Gasteiger partial charge in [-0.3, -0.25) is 9.82 Å². The molecule has 1 aromatic heterocycles. The van der Waals surface area contributed by atoms with Crippen LogP contribution in [0.25, 0.3) is 0 Å². The molecule has 0 atom stereocenters. The maximum absolute atomic E-state index is 12.0. The van der Waals surface area contributed by atoms with Crippen LogP contribution in [-0.4, -0.2) is 18.6 Å². The third-order valence-corrected chi connectivity index (χ3v) is 3.67. The van der Waals surface area contributed by atoms with Gasteiger partial charge in [0.1, 0.15) is 4.64 Å². The Hall–Kier alpha value is -1.93. The van der Waals surface area contributed by atoms with Crippen LogP contribution in [0.1, 0.15) is 0 Å². The van der Waals surface area contributed by atoms with E-state index in [-0.39, 0.29) is 10.7 Å². The Bertz CT molecular complexity index is 704. The standard InChI is InChI=1S/C10H10N4O2S2/c11-7-2-1-3-8(6-7)18(15,16)14-9-4-5-10(17)13-12-9/h1-6H,11H2,(H,12,14)(H,13,17). The molecule has 0 aliphatic carbocycles. The van der Waals surface area contributed by atoms with Crippen molar-refractivity contribution in [2.75, 3.05) is 10.5 Å². The molecule has 2 aromatic rings. The third kappa shape index (κ3) is 2.84. The maximum atomic E-state index is 12.0. The number of nitrogen functional groups attached to an aromatic ring is 1. The number of anilines is 2. The van der Waals surface area contributed by atoms with Crippen molar-refractivity contribution in [1.82, 2.24) is 10.2 Å². The number of nitrogens with two attached hydrogens (primary N) is 1. The molecule has 1 heterocycles. The lowest BCUT2D eigenvalue weighted by molar-refractivity contribution is 0.601. The Morgan fingerprint density at radius 3 is 2.67 bits per heavy atom. The highest BCUT2D eigenvalue weighted by Crippen LogP contribution is 2.15. The summed E-state index contributed by atoms with van der Waals surface area (Å²) in [6.45, 7) is 0. The fourth-order valence-corrected chi connectivity index (χ4v) is 2.45. The van der Waals surface area contributed by atoms with Gasteiger partial charge < -0.3 is 5.73 Å². The van der Waals surface area contributed by atoms with Crippen LogP contribution < -0.4 is 10.5 Å². The van der Waals surface area contributed by atoms with Crippen molar-refractivity contribution >= 4 is 33.7 Å². The van der Waals surface area contributed by atoms with Gasteiger partial charge in [0, 0.05) is 5.69 Å². The van der Waals surface area contributed by atoms with E-state index in [0.717, 1.165) is 0 Å². The molecule has 94 valence electrons. The number of aromatic amines is 1. The fraction of sp³-hybridized carbons (Fsp3) is 0. The molecule has 0 saturated heterocycles. The molecule has 1 aromatic carbocycles. The molecule has 8 heteroatoms. The zero-order valence-electron chi connectivity index (χ0n) is 9.12. The van der Waals surface area contributed by atoms with E-state index in [1.165, 1.54) is 18.2 Å². The zero-order valence-corrected chi connectivity index (χ0v) is 10.8. The Balaban J connectivity index is 2.33. The molecule has 18 heavy (non-hydrogen) atoms. The molecule has 0 aliphatic rings. The number of benzene rings is 1. The quantitative estimate of drug-likeness (QED) is 0.585. The first-order chi connectivity index (χ1) is 8.47. The summed E-state index contributed by atoms with van der Waals surface area (Å²) in [5.74, 6) is 0.158. The van der Waals surface area contributed by atoms with E-state index in [1.54, 1.807) is 18.2 Å². The minimum Gasteiger partial charge on any atom is -0.399 e. The van der Waals surface area contributed by atoms with E-state index in [9.17, 15) is 8.42 Å². The molecular formula is C10H10N4O2S2. The van der Waals surface area contributed by atoms with Gasteiger partial charge in [0.25, 0.3) is 10.0 Å². The van der Waals surface area contributed by atoms with Gasteiger partial charge in [-0.2, -0.15) is 5.10 Å². The Morgan fingerprint density at radius 1 is 1.28 bits per heavy atom. The topological polar surface area (TPSA) is 101 Å². The lowest BCUT2D eigenvalue weighted by Gasteiger charge is -2.07. The summed E-state index contributed by atoms with van der Waals surface area (Å²) in [5.41, 5.74) is 5.91. The van der Waals surface area contributed by atoms with E-state index in [1.807, 2.05) is 0 Å². The number of hydrogen-bond donors (Lipinski definition) is 3. The highest BCUT2D eigenvalue weighted by molar-refractivity contribution is 7.92. The van der Waals surface area contributed by atoms with Crippen LogP contribution in [-0.2, 0) is 10.0 Å². The lowest BCUT2D eigenvalue weighted by Crippen LogP contribution is -2.14. The van der Waals surface area contributed by atoms with Gasteiger partial charge in [-0.1, -0.05) is 18.3 Å². The van der Waals surface area contributed by atoms with Gasteiger partial charge in [0.15, 0.2) is 5.82 Å². The van der Waals surface area contributed by atoms with Gasteiger partial charge in [0.2, 0.25) is 0 Å². The van der Waals surface area contributed by atoms with Crippen LogP contribution in [0.15, 0.2) is 41.3 Å². The summed E-state index contributed by atoms with van der Waals surface area (Å²) in [4.78, 5) is 0.0757. The van der Waals surface area contributed by atoms with E-state index in [0.29, 0.717) is 10.3 Å². The molecule has 0 aliphatic heterocycles. The zero-order chi connectivity index (χ0) is 13.2. The van der Waals surface area contributed by atoms with Gasteiger partial charge in [-0.25, -0.2) is 8.42 Å². The summed E-state index contributed by atoms with van der Waals surface area (Å²) in [6, 6.07) is 9.01. The lowest BCUT2D eigenvalue weighted by atomic mass is 10.3. The largest absolute Gasteiger partial charge is 0.399 e. The average molecular weight is 282 g/mol. The van der Waals surface area contributed by atoms with Crippen LogP contribution in [0.3, 0.4) is 0 Å². The molecular weight excluding hydrogens is 272 g/mol. The normalized spacial score (nSPS) is 11.1. The molecule has 4 N–H and O–H groups in total. The van der Waals surface area contributed by atoms with E-state index < -0.39 is 10.0 Å². The molecule has 0 bridgehead atoms. The van der Waals surface area contributed by atoms with Crippen LogP contribution in [0, 0.1) is 4.64 Å². The SMILES string of the molecule is Nc1cccc(S(=O)(=O)Nc2ccc(=S)[nH]n2)c1. The van der Waals surface area contributed by atoms with Crippen molar-refractivity contribution in [3.05, 3.63) is 41.0 Å². The summed E-state index contributed by atoms with van der Waals surface area (Å²) < 4.78 is 26.7. The molecule has 6 nitrogen and oxygen atoms in total. The Morgan fingerprint density at radius 2 is 2.06 bits per heavy atom. The van der Waals surface area contributed by atoms with Crippen LogP contribution in [0.2, 0.25) is 0 Å². The van der Waals surface area contributed by atoms with E-state index in [4.69, 9.17) is 18.0 Å². The summed E-state index contributed by atoms with van der Waals surface area (Å²) >= 11 is 4.81. The minimum atomic E-state index is -3.70. The summed E-state index contributed by atoms with van der Waals surface area (Å²) in [6.07, 6.45) is 0. The number of aromatic nitrogens is 2. The van der Waals surface area contributed by atoms with Crippen molar-refractivity contribution in [3.8, 4) is 0 Å². The number of nitrogens with one attached hydrogen (secondary N) is 2. The predicted molar refractivity (Wildman–Crippen MR) is 71.1 cm³/mol. The van der Waals surface area contributed by atoms with E-state index in [2.05, 4.69) is 14.9 Å². The third-order valence-electron chi connectivity index (χ3n) is 2.09. The van der Waals surface area contributed by atoms with E-state index >= 15 is 0 Å². The second-order valence-corrected chi connectivity index (χ2v) is 5.61. The fourth-order valence-electron chi connectivity index (χ4n) is 1.28. The van der Waals surface area contributed by atoms with Gasteiger partial charge >= 0.3 is 0 Å². The number of rotatable bonds is 3. The highest BCUT2D eigenvalue weighted by Gasteiger charge is 2.14. The molecule has 0 fully saturated rings. The number of sulfonamides is 1. The van der Waals surface area contributed by atoms with Gasteiger partial charge in [0.05, 0.1) is 4.90 Å². The van der Waals surface area contributed by atoms with Gasteiger partial charge in [-0.05, 0) is 30.3 Å². The van der Waals surface area contributed by atoms with Crippen molar-refractivity contribution < 1.29 is 8.42 Å². The molecule has 0 amide bonds. The monoisotopic (exact) mass is 282 g/mol. The van der Waals surface area contributed by atoms with Crippen molar-refractivity contribution in [2.45, 2.75) is 4.90 Å². The average Bonchev–Trinajstić information content (AvgIpc) is 2.32. The molecule has 0 unspecified atom stereocenters. The van der Waals surface area contributed by atoms with Crippen molar-refractivity contribution in [1.29, 1.82) is 0 Å². The maximum Gasteiger partial charge on any atom is 0.263 e. The van der Waals surface area contributed by atoms with Gasteiger partial charge in [-0.15, -0.1) is 0 Å². The first-order valence-corrected chi connectivity index (χ1v) is 6.81. The van der Waals surface area contributed by atoms with Crippen molar-refractivity contribution in [3.63, 3.8) is 0 Å². The number of hydrogen-bond acceptors (Lipinski definition) is 5. The Kier molecular flexibility index (Phi) is 3.30. The highest BCUT2D eigenvalue weighted by atomic mass is 32.2. The van der Waals surface area contributed by atoms with Crippen molar-refractivity contribution in [2.24, 2.45) is 0 Å². The number of H-pyrrole nitrogens is 1. The molecule has 0 spiro atoms. The first-order valence-electron chi connectivity index (χ1n) is 4.91. The molecule has 0 radical (unpaired) electrons. The molecule has 0 saturated carbocycles. The number of nitrogens with zero attached hydrogens (tertiary/aromatic N) is 1. The first kappa shape index (κ1) is 12.5. The summed E-state index contributed by atoms with van der Waals surface area (Å²) in [7, 11) is -3.70. The molecule has 2 rings (SSSR count). The minimum absolute atomic E-state index is 0.0757. The second-order valence-electron chi connectivity index (χ2n) is 3.48.